The fraction of sp³-hybridized carbons (Fsp3) is 0.133. The van der Waals surface area contributed by atoms with E-state index in [1.54, 1.807) is 37.4 Å². The van der Waals surface area contributed by atoms with Gasteiger partial charge in [-0.2, -0.15) is 0 Å². The van der Waals surface area contributed by atoms with Crippen molar-refractivity contribution in [1.82, 2.24) is 0 Å². The van der Waals surface area contributed by atoms with Gasteiger partial charge in [-0.1, -0.05) is 23.2 Å². The Morgan fingerprint density at radius 3 is 2.50 bits per heavy atom. The van der Waals surface area contributed by atoms with E-state index in [0.717, 1.165) is 3.57 Å². The molecule has 0 saturated carbocycles. The summed E-state index contributed by atoms with van der Waals surface area (Å²) in [5.41, 5.74) is 0.877. The Kier molecular flexibility index (Phi) is 5.77. The van der Waals surface area contributed by atoms with Crippen LogP contribution in [0.25, 0.3) is 0 Å². The third kappa shape index (κ3) is 3.77. The molecule has 1 amide bonds. The number of carbonyl (C=O) groups excluding carboxylic acids is 1. The summed E-state index contributed by atoms with van der Waals surface area (Å²) in [7, 11) is 3.06. The third-order valence-electron chi connectivity index (χ3n) is 2.87. The first-order valence-electron chi connectivity index (χ1n) is 6.14. The molecular formula is C15H12Cl2INO3. The molecule has 0 fully saturated rings. The highest BCUT2D eigenvalue weighted by Crippen LogP contribution is 2.34. The Morgan fingerprint density at radius 2 is 1.86 bits per heavy atom. The topological polar surface area (TPSA) is 47.6 Å². The molecule has 0 aliphatic heterocycles. The highest BCUT2D eigenvalue weighted by atomic mass is 127. The molecular weight excluding hydrogens is 440 g/mol. The van der Waals surface area contributed by atoms with Crippen molar-refractivity contribution in [2.75, 3.05) is 19.5 Å². The lowest BCUT2D eigenvalue weighted by molar-refractivity contribution is 0.102. The van der Waals surface area contributed by atoms with E-state index in [0.29, 0.717) is 32.8 Å². The maximum atomic E-state index is 12.4. The predicted molar refractivity (Wildman–Crippen MR) is 96.7 cm³/mol. The van der Waals surface area contributed by atoms with Crippen molar-refractivity contribution in [3.8, 4) is 11.5 Å². The highest BCUT2D eigenvalue weighted by Gasteiger charge is 2.16. The molecule has 0 unspecified atom stereocenters. The van der Waals surface area contributed by atoms with Crippen molar-refractivity contribution in [2.45, 2.75) is 0 Å². The fourth-order valence-electron chi connectivity index (χ4n) is 1.84. The number of ether oxygens (including phenoxy) is 2. The van der Waals surface area contributed by atoms with Crippen LogP contribution in [0.15, 0.2) is 30.3 Å². The van der Waals surface area contributed by atoms with Crippen LogP contribution in [0.3, 0.4) is 0 Å². The molecule has 7 heteroatoms. The van der Waals surface area contributed by atoms with E-state index in [2.05, 4.69) is 27.9 Å². The molecule has 0 atom stereocenters. The van der Waals surface area contributed by atoms with Crippen LogP contribution in [-0.2, 0) is 0 Å². The van der Waals surface area contributed by atoms with Gasteiger partial charge in [0.1, 0.15) is 0 Å². The average molecular weight is 452 g/mol. The molecule has 116 valence electrons. The number of anilines is 1. The van der Waals surface area contributed by atoms with Crippen LogP contribution in [0.4, 0.5) is 5.69 Å². The van der Waals surface area contributed by atoms with Gasteiger partial charge in [0.05, 0.1) is 28.5 Å². The molecule has 0 bridgehead atoms. The molecule has 0 aromatic heterocycles. The van der Waals surface area contributed by atoms with Crippen LogP contribution >= 0.6 is 45.8 Å². The van der Waals surface area contributed by atoms with Crippen LogP contribution in [-0.4, -0.2) is 20.1 Å². The maximum Gasteiger partial charge on any atom is 0.255 e. The van der Waals surface area contributed by atoms with Crippen LogP contribution < -0.4 is 14.8 Å². The number of rotatable bonds is 4. The molecule has 2 aromatic carbocycles. The number of carbonyl (C=O) groups is 1. The number of nitrogens with one attached hydrogen (secondary N) is 1. The van der Waals surface area contributed by atoms with Crippen LogP contribution in [0.1, 0.15) is 10.4 Å². The van der Waals surface area contributed by atoms with E-state index >= 15 is 0 Å². The number of halogens is 3. The van der Waals surface area contributed by atoms with Crippen molar-refractivity contribution >= 4 is 57.4 Å². The molecule has 2 aromatic rings. The van der Waals surface area contributed by atoms with Crippen LogP contribution in [0.2, 0.25) is 10.0 Å². The molecule has 0 spiro atoms. The summed E-state index contributed by atoms with van der Waals surface area (Å²) in [6.07, 6.45) is 0. The summed E-state index contributed by atoms with van der Waals surface area (Å²) in [6, 6.07) is 8.18. The van der Waals surface area contributed by atoms with E-state index in [-0.39, 0.29) is 5.91 Å². The van der Waals surface area contributed by atoms with E-state index in [4.69, 9.17) is 32.7 Å². The monoisotopic (exact) mass is 451 g/mol. The summed E-state index contributed by atoms with van der Waals surface area (Å²) in [4.78, 5) is 12.4. The van der Waals surface area contributed by atoms with E-state index < -0.39 is 0 Å². The third-order valence-corrected chi connectivity index (χ3v) is 4.24. The van der Waals surface area contributed by atoms with Gasteiger partial charge in [0.2, 0.25) is 0 Å². The highest BCUT2D eigenvalue weighted by molar-refractivity contribution is 14.1. The zero-order valence-corrected chi connectivity index (χ0v) is 15.4. The minimum absolute atomic E-state index is 0.317. The quantitative estimate of drug-likeness (QED) is 0.674. The molecule has 0 aliphatic rings. The number of methoxy groups -OCH3 is 2. The normalized spacial score (nSPS) is 10.2. The second-order valence-corrected chi connectivity index (χ2v) is 6.28. The van der Waals surface area contributed by atoms with Crippen molar-refractivity contribution in [3.63, 3.8) is 0 Å². The number of benzene rings is 2. The van der Waals surface area contributed by atoms with Gasteiger partial charge in [0.25, 0.3) is 5.91 Å². The lowest BCUT2D eigenvalue weighted by Crippen LogP contribution is -2.13. The maximum absolute atomic E-state index is 12.4. The van der Waals surface area contributed by atoms with E-state index in [1.165, 1.54) is 7.11 Å². The van der Waals surface area contributed by atoms with Gasteiger partial charge in [-0.05, 0) is 52.9 Å². The summed E-state index contributed by atoms with van der Waals surface area (Å²) in [5, 5.41) is 3.63. The molecule has 0 radical (unpaired) electrons. The van der Waals surface area contributed by atoms with Crippen LogP contribution in [0.5, 0.6) is 11.5 Å². The Labute approximate surface area is 151 Å². The predicted octanol–water partition coefficient (Wildman–Crippen LogP) is 4.87. The second-order valence-electron chi connectivity index (χ2n) is 4.27. The van der Waals surface area contributed by atoms with Crippen molar-refractivity contribution in [2.24, 2.45) is 0 Å². The summed E-state index contributed by atoms with van der Waals surface area (Å²) in [6.45, 7) is 0. The SMILES string of the molecule is COc1cc(C(=O)Nc2cc(Cl)ccc2Cl)cc(I)c1OC. The summed E-state index contributed by atoms with van der Waals surface area (Å²) >= 11 is 14.0. The van der Waals surface area contributed by atoms with Crippen molar-refractivity contribution < 1.29 is 14.3 Å². The Balaban J connectivity index is 2.34. The van der Waals surface area contributed by atoms with Gasteiger partial charge in [0.15, 0.2) is 11.5 Å². The number of amides is 1. The molecule has 0 aliphatic carbocycles. The van der Waals surface area contributed by atoms with Gasteiger partial charge < -0.3 is 14.8 Å². The molecule has 0 heterocycles. The van der Waals surface area contributed by atoms with Gasteiger partial charge in [-0.15, -0.1) is 0 Å². The second kappa shape index (κ2) is 7.39. The van der Waals surface area contributed by atoms with E-state index in [1.807, 2.05) is 0 Å². The Morgan fingerprint density at radius 1 is 1.14 bits per heavy atom. The molecule has 1 N–H and O–H groups in total. The zero-order chi connectivity index (χ0) is 16.3. The van der Waals surface area contributed by atoms with Gasteiger partial charge in [-0.3, -0.25) is 4.79 Å². The first kappa shape index (κ1) is 17.2. The summed E-state index contributed by atoms with van der Waals surface area (Å²) in [5.74, 6) is 0.750. The molecule has 4 nitrogen and oxygen atoms in total. The van der Waals surface area contributed by atoms with Crippen molar-refractivity contribution in [3.05, 3.63) is 49.5 Å². The molecule has 22 heavy (non-hydrogen) atoms. The minimum atomic E-state index is -0.317. The lowest BCUT2D eigenvalue weighted by atomic mass is 10.2. The lowest BCUT2D eigenvalue weighted by Gasteiger charge is -2.12. The van der Waals surface area contributed by atoms with Gasteiger partial charge >= 0.3 is 0 Å². The smallest absolute Gasteiger partial charge is 0.255 e. The van der Waals surface area contributed by atoms with Crippen LogP contribution in [0, 0.1) is 3.57 Å². The largest absolute Gasteiger partial charge is 0.493 e. The standard InChI is InChI=1S/C15H12Cl2INO3/c1-21-13-6-8(5-11(18)14(13)22-2)15(20)19-12-7-9(16)3-4-10(12)17/h3-7H,1-2H3,(H,19,20). The Bertz CT molecular complexity index is 722. The minimum Gasteiger partial charge on any atom is -0.493 e. The first-order chi connectivity index (χ1) is 10.5. The molecule has 0 saturated heterocycles. The van der Waals surface area contributed by atoms with Gasteiger partial charge in [0, 0.05) is 10.6 Å². The van der Waals surface area contributed by atoms with Crippen molar-refractivity contribution in [1.29, 1.82) is 0 Å². The number of hydrogen-bond donors (Lipinski definition) is 1. The van der Waals surface area contributed by atoms with E-state index in [9.17, 15) is 4.79 Å². The van der Waals surface area contributed by atoms with Gasteiger partial charge in [-0.25, -0.2) is 0 Å². The Hall–Kier alpha value is -1.18. The number of hydrogen-bond acceptors (Lipinski definition) is 3. The fourth-order valence-corrected chi connectivity index (χ4v) is 3.00. The zero-order valence-electron chi connectivity index (χ0n) is 11.7. The summed E-state index contributed by atoms with van der Waals surface area (Å²) < 4.78 is 11.3. The first-order valence-corrected chi connectivity index (χ1v) is 7.97. The average Bonchev–Trinajstić information content (AvgIpc) is 2.49. The molecule has 2 rings (SSSR count).